The summed E-state index contributed by atoms with van der Waals surface area (Å²) in [6.45, 7) is 0. The minimum absolute atomic E-state index is 1.89. The second-order valence-electron chi connectivity index (χ2n) is 2.97. The van der Waals surface area contributed by atoms with Crippen molar-refractivity contribution in [1.82, 2.24) is 0 Å². The van der Waals surface area contributed by atoms with Gasteiger partial charge in [0, 0.05) is 0 Å². The molecule has 0 rings (SSSR count). The molecule has 0 unspecified atom stereocenters. The quantitative estimate of drug-likeness (QED) is 0.426. The van der Waals surface area contributed by atoms with E-state index in [0.29, 0.717) is 0 Å². The maximum absolute atomic E-state index is 12.4. The molecule has 16 heteroatoms. The topological polar surface area (TPSA) is 69.7 Å². The summed E-state index contributed by atoms with van der Waals surface area (Å²) in [5.41, 5.74) is 0. The second-order valence-corrected chi connectivity index (χ2v) is 3.92. The molecular formula is C5F10O5S. The van der Waals surface area contributed by atoms with Crippen LogP contribution in [0.2, 0.25) is 0 Å². The maximum Gasteiger partial charge on any atom is 0.476 e. The van der Waals surface area contributed by atoms with Crippen LogP contribution in [0.4, 0.5) is 43.4 Å². The molecule has 0 bridgehead atoms. The zero-order valence-corrected chi connectivity index (χ0v) is 9.55. The fourth-order valence-electron chi connectivity index (χ4n) is 0.564. The Hall–Kier alpha value is -1.32. The Kier molecular flexibility index (Phi) is 4.82. The van der Waals surface area contributed by atoms with Gasteiger partial charge < -0.3 is 4.74 Å². The molecular weight excluding hydrogens is 362 g/mol. The van der Waals surface area contributed by atoms with Gasteiger partial charge in [0.25, 0.3) is 0 Å². The third-order valence-corrected chi connectivity index (χ3v) is 1.79. The van der Waals surface area contributed by atoms with Gasteiger partial charge in [-0.2, -0.15) is 52.1 Å². The Labute approximate surface area is 107 Å². The molecule has 126 valence electrons. The molecule has 0 aromatic rings. The lowest BCUT2D eigenvalue weighted by Crippen LogP contribution is -2.55. The third kappa shape index (κ3) is 4.58. The van der Waals surface area contributed by atoms with Crippen LogP contribution in [0.5, 0.6) is 0 Å². The minimum Gasteiger partial charge on any atom is -0.389 e. The van der Waals surface area contributed by atoms with Crippen molar-refractivity contribution in [2.45, 2.75) is 24.3 Å². The zero-order chi connectivity index (χ0) is 17.5. The molecule has 0 spiro atoms. The molecule has 0 aliphatic heterocycles. The Bertz CT molecular complexity index is 506. The van der Waals surface area contributed by atoms with Crippen molar-refractivity contribution in [3.8, 4) is 0 Å². The van der Waals surface area contributed by atoms with Crippen molar-refractivity contribution in [3.05, 3.63) is 0 Å². The van der Waals surface area contributed by atoms with Crippen LogP contribution in [0, 0.1) is 0 Å². The van der Waals surface area contributed by atoms with Crippen molar-refractivity contribution >= 4 is 16.5 Å². The molecule has 0 fully saturated rings. The van der Waals surface area contributed by atoms with Crippen LogP contribution in [-0.4, -0.2) is 38.7 Å². The Balaban J connectivity index is 5.34. The molecule has 0 N–H and O–H groups in total. The van der Waals surface area contributed by atoms with E-state index in [4.69, 9.17) is 0 Å². The summed E-state index contributed by atoms with van der Waals surface area (Å²) in [7, 11) is -6.65. The Morgan fingerprint density at radius 2 is 1.24 bits per heavy atom. The predicted molar refractivity (Wildman–Crippen MR) is 38.1 cm³/mol. The molecule has 0 heterocycles. The molecule has 0 amide bonds. The number of hydrogen-bond acceptors (Lipinski definition) is 5. The number of rotatable bonds is 5. The van der Waals surface area contributed by atoms with Crippen molar-refractivity contribution in [2.24, 2.45) is 0 Å². The molecule has 0 aromatic heterocycles. The standard InChI is InChI=1S/C5F10O5S/c6-2(7,20-21(15,17)18)1(16)19-5(13,14)3(8,9)4(10,11)12. The van der Waals surface area contributed by atoms with Gasteiger partial charge in [0.05, 0.1) is 0 Å². The van der Waals surface area contributed by atoms with E-state index in [1.165, 1.54) is 0 Å². The molecule has 0 saturated heterocycles. The highest BCUT2D eigenvalue weighted by Gasteiger charge is 2.77. The number of esters is 1. The van der Waals surface area contributed by atoms with Gasteiger partial charge in [-0.15, -0.1) is 0 Å². The summed E-state index contributed by atoms with van der Waals surface area (Å²) in [5, 5.41) is 0. The van der Waals surface area contributed by atoms with Gasteiger partial charge in [0.1, 0.15) is 0 Å². The van der Waals surface area contributed by atoms with Gasteiger partial charge in [-0.25, -0.2) is 4.79 Å². The Morgan fingerprint density at radius 1 is 0.857 bits per heavy atom. The predicted octanol–water partition coefficient (Wildman–Crippen LogP) is 2.14. The first-order valence-corrected chi connectivity index (χ1v) is 5.23. The lowest BCUT2D eigenvalue weighted by molar-refractivity contribution is -0.417. The average molecular weight is 362 g/mol. The first kappa shape index (κ1) is 19.7. The van der Waals surface area contributed by atoms with Crippen LogP contribution < -0.4 is 0 Å². The van der Waals surface area contributed by atoms with Crippen molar-refractivity contribution in [3.63, 3.8) is 0 Å². The van der Waals surface area contributed by atoms with Gasteiger partial charge in [-0.3, -0.25) is 0 Å². The van der Waals surface area contributed by atoms with Gasteiger partial charge in [-0.1, -0.05) is 3.89 Å². The van der Waals surface area contributed by atoms with Gasteiger partial charge >= 0.3 is 40.8 Å². The highest BCUT2D eigenvalue weighted by molar-refractivity contribution is 7.81. The third-order valence-electron chi connectivity index (χ3n) is 1.38. The summed E-state index contributed by atoms with van der Waals surface area (Å²) in [6.07, 6.45) is -20.0. The zero-order valence-electron chi connectivity index (χ0n) is 8.73. The van der Waals surface area contributed by atoms with Crippen LogP contribution in [0.25, 0.3) is 0 Å². The van der Waals surface area contributed by atoms with Crippen molar-refractivity contribution in [2.75, 3.05) is 0 Å². The number of carbonyl (C=O) groups excluding carboxylic acids is 1. The van der Waals surface area contributed by atoms with E-state index in [1.54, 1.807) is 0 Å². The number of ether oxygens (including phenoxy) is 1. The van der Waals surface area contributed by atoms with E-state index in [2.05, 4.69) is 0 Å². The molecule has 0 aromatic carbocycles. The average Bonchev–Trinajstić information content (AvgIpc) is 2.10. The minimum atomic E-state index is -7.10. The first-order chi connectivity index (χ1) is 8.83. The second kappa shape index (κ2) is 5.15. The summed E-state index contributed by atoms with van der Waals surface area (Å²) < 4.78 is 143. The van der Waals surface area contributed by atoms with E-state index in [-0.39, 0.29) is 0 Å². The lowest BCUT2D eigenvalue weighted by atomic mass is 10.3. The van der Waals surface area contributed by atoms with Crippen LogP contribution in [0.15, 0.2) is 0 Å². The summed E-state index contributed by atoms with van der Waals surface area (Å²) >= 11 is 0. The van der Waals surface area contributed by atoms with Gasteiger partial charge in [0.15, 0.2) is 0 Å². The fraction of sp³-hybridized carbons (Fsp3) is 0.800. The van der Waals surface area contributed by atoms with Crippen LogP contribution in [-0.2, 0) is 24.2 Å². The molecule has 0 aliphatic carbocycles. The van der Waals surface area contributed by atoms with Crippen LogP contribution >= 0.6 is 0 Å². The van der Waals surface area contributed by atoms with Crippen molar-refractivity contribution < 1.29 is 65.5 Å². The summed E-state index contributed by atoms with van der Waals surface area (Å²) in [4.78, 5) is 10.2. The van der Waals surface area contributed by atoms with E-state index >= 15 is 0 Å². The highest BCUT2D eigenvalue weighted by atomic mass is 32.3. The highest BCUT2D eigenvalue weighted by Crippen LogP contribution is 2.47. The molecule has 0 radical (unpaired) electrons. The largest absolute Gasteiger partial charge is 0.476 e. The van der Waals surface area contributed by atoms with E-state index in [1.807, 2.05) is 8.92 Å². The number of hydrogen-bond donors (Lipinski definition) is 0. The first-order valence-electron chi connectivity index (χ1n) is 3.92. The van der Waals surface area contributed by atoms with E-state index < -0.39 is 40.8 Å². The molecule has 0 atom stereocenters. The summed E-state index contributed by atoms with van der Waals surface area (Å²) in [5.74, 6) is -11.1. The monoisotopic (exact) mass is 362 g/mol. The van der Waals surface area contributed by atoms with E-state index in [0.717, 1.165) is 0 Å². The Morgan fingerprint density at radius 3 is 1.52 bits per heavy atom. The normalized spacial score (nSPS) is 15.0. The van der Waals surface area contributed by atoms with Gasteiger partial charge in [-0.05, 0) is 0 Å². The number of halogens is 10. The maximum atomic E-state index is 12.4. The molecule has 0 aliphatic rings. The smallest absolute Gasteiger partial charge is 0.389 e. The molecule has 21 heavy (non-hydrogen) atoms. The van der Waals surface area contributed by atoms with Crippen molar-refractivity contribution in [1.29, 1.82) is 0 Å². The number of alkyl halides is 9. The summed E-state index contributed by atoms with van der Waals surface area (Å²) in [6, 6.07) is 0. The van der Waals surface area contributed by atoms with E-state index in [9.17, 15) is 56.6 Å². The van der Waals surface area contributed by atoms with Gasteiger partial charge in [0.2, 0.25) is 0 Å². The van der Waals surface area contributed by atoms with Crippen LogP contribution in [0.1, 0.15) is 0 Å². The SMILES string of the molecule is O=C(OC(F)(F)C(F)(F)C(F)(F)F)C(F)(F)OS(=O)(=O)F. The fourth-order valence-corrected chi connectivity index (χ4v) is 0.882. The molecule has 0 saturated carbocycles. The van der Waals surface area contributed by atoms with Crippen LogP contribution in [0.3, 0.4) is 0 Å². The lowest BCUT2D eigenvalue weighted by Gasteiger charge is -2.27. The number of carbonyl (C=O) groups is 1. The molecule has 5 nitrogen and oxygen atoms in total.